The number of fused-ring (bicyclic) bond motifs is 1. The van der Waals surface area contributed by atoms with Crippen molar-refractivity contribution in [2.45, 2.75) is 20.8 Å². The van der Waals surface area contributed by atoms with Crippen LogP contribution in [-0.4, -0.2) is 57.8 Å². The predicted molar refractivity (Wildman–Crippen MR) is 135 cm³/mol. The fraction of sp³-hybridized carbons (Fsp3) is 0.400. The summed E-state index contributed by atoms with van der Waals surface area (Å²) in [5, 5.41) is 1.23. The summed E-state index contributed by atoms with van der Waals surface area (Å²) in [5.74, 6) is 0.368. The Hall–Kier alpha value is -2.77. The van der Waals surface area contributed by atoms with Gasteiger partial charge in [0.05, 0.1) is 11.3 Å². The molecule has 0 saturated carbocycles. The molecule has 0 bridgehead atoms. The lowest BCUT2D eigenvalue weighted by molar-refractivity contribution is 0.0530. The molecule has 0 aliphatic rings. The van der Waals surface area contributed by atoms with Crippen LogP contribution in [0.3, 0.4) is 0 Å². The van der Waals surface area contributed by atoms with Crippen molar-refractivity contribution in [3.05, 3.63) is 42.0 Å². The van der Waals surface area contributed by atoms with Gasteiger partial charge in [0.1, 0.15) is 22.9 Å². The first-order valence-corrected chi connectivity index (χ1v) is 11.9. The van der Waals surface area contributed by atoms with Crippen LogP contribution in [0.2, 0.25) is 0 Å². The molecule has 1 heterocycles. The zero-order chi connectivity index (χ0) is 23.3. The maximum absolute atomic E-state index is 12.5. The number of thiophene rings is 1. The summed E-state index contributed by atoms with van der Waals surface area (Å²) in [6.45, 7) is 9.72. The van der Waals surface area contributed by atoms with Crippen LogP contribution in [0.15, 0.2) is 36.4 Å². The number of rotatable bonds is 10. The number of esters is 1. The van der Waals surface area contributed by atoms with Gasteiger partial charge in [0.25, 0.3) is 0 Å². The van der Waals surface area contributed by atoms with Crippen molar-refractivity contribution in [1.82, 2.24) is 4.90 Å². The van der Waals surface area contributed by atoms with Gasteiger partial charge in [-0.2, -0.15) is 0 Å². The second-order valence-electron chi connectivity index (χ2n) is 7.70. The van der Waals surface area contributed by atoms with E-state index in [0.29, 0.717) is 23.8 Å². The first-order chi connectivity index (χ1) is 15.4. The highest BCUT2D eigenvalue weighted by molar-refractivity contribution is 7.23. The van der Waals surface area contributed by atoms with Gasteiger partial charge in [-0.25, -0.2) is 4.79 Å². The Balaban J connectivity index is 2.08. The van der Waals surface area contributed by atoms with E-state index in [2.05, 4.69) is 47.9 Å². The van der Waals surface area contributed by atoms with Gasteiger partial charge in [-0.15, -0.1) is 11.3 Å². The lowest BCUT2D eigenvalue weighted by atomic mass is 10.0. The van der Waals surface area contributed by atoms with E-state index in [1.165, 1.54) is 11.3 Å². The number of ether oxygens (including phenoxy) is 2. The third kappa shape index (κ3) is 5.00. The first-order valence-electron chi connectivity index (χ1n) is 11.1. The lowest BCUT2D eigenvalue weighted by Gasteiger charge is -2.20. The summed E-state index contributed by atoms with van der Waals surface area (Å²) in [5.41, 5.74) is 9.86. The van der Waals surface area contributed by atoms with Crippen LogP contribution in [-0.2, 0) is 4.74 Å². The molecule has 6 nitrogen and oxygen atoms in total. The zero-order valence-electron chi connectivity index (χ0n) is 19.6. The quantitative estimate of drug-likeness (QED) is 0.428. The third-order valence-corrected chi connectivity index (χ3v) is 6.60. The van der Waals surface area contributed by atoms with Crippen LogP contribution in [0.25, 0.3) is 21.2 Å². The summed E-state index contributed by atoms with van der Waals surface area (Å²) in [6, 6.07) is 12.3. The number of hydrogen-bond acceptors (Lipinski definition) is 7. The molecule has 0 saturated heterocycles. The molecule has 2 N–H and O–H groups in total. The van der Waals surface area contributed by atoms with Crippen molar-refractivity contribution in [1.29, 1.82) is 0 Å². The maximum Gasteiger partial charge on any atom is 0.341 e. The molecule has 2 aromatic carbocycles. The van der Waals surface area contributed by atoms with E-state index < -0.39 is 5.97 Å². The molecule has 0 aliphatic heterocycles. The van der Waals surface area contributed by atoms with E-state index in [1.54, 1.807) is 6.92 Å². The largest absolute Gasteiger partial charge is 0.490 e. The fourth-order valence-corrected chi connectivity index (χ4v) is 4.75. The molecule has 1 aromatic heterocycles. The second-order valence-corrected chi connectivity index (χ2v) is 8.75. The topological polar surface area (TPSA) is 68.0 Å². The summed E-state index contributed by atoms with van der Waals surface area (Å²) >= 11 is 1.38. The summed E-state index contributed by atoms with van der Waals surface area (Å²) < 4.78 is 12.5. The van der Waals surface area contributed by atoms with Gasteiger partial charge in [-0.3, -0.25) is 0 Å². The Morgan fingerprint density at radius 2 is 1.72 bits per heavy atom. The highest BCUT2D eigenvalue weighted by Crippen LogP contribution is 2.45. The van der Waals surface area contributed by atoms with Crippen molar-refractivity contribution in [2.75, 3.05) is 57.6 Å². The Morgan fingerprint density at radius 3 is 2.31 bits per heavy atom. The van der Waals surface area contributed by atoms with Crippen LogP contribution in [0, 0.1) is 0 Å². The lowest BCUT2D eigenvalue weighted by Crippen LogP contribution is -2.28. The molecule has 0 aliphatic carbocycles. The number of nitrogens with two attached hydrogens (primary N) is 1. The van der Waals surface area contributed by atoms with Gasteiger partial charge >= 0.3 is 5.97 Å². The normalized spacial score (nSPS) is 11.2. The Bertz CT molecular complexity index is 1060. The van der Waals surface area contributed by atoms with Gasteiger partial charge < -0.3 is 25.0 Å². The average Bonchev–Trinajstić information content (AvgIpc) is 3.13. The Morgan fingerprint density at radius 1 is 1.03 bits per heavy atom. The van der Waals surface area contributed by atoms with Crippen LogP contribution in [0.1, 0.15) is 31.1 Å². The van der Waals surface area contributed by atoms with Gasteiger partial charge in [-0.1, -0.05) is 32.0 Å². The van der Waals surface area contributed by atoms with Crippen molar-refractivity contribution in [3.63, 3.8) is 0 Å². The predicted octanol–water partition coefficient (Wildman–Crippen LogP) is 5.11. The maximum atomic E-state index is 12.5. The first kappa shape index (κ1) is 23.9. The minimum Gasteiger partial charge on any atom is -0.490 e. The van der Waals surface area contributed by atoms with Crippen LogP contribution in [0.5, 0.6) is 5.75 Å². The molecule has 172 valence electrons. The summed E-state index contributed by atoms with van der Waals surface area (Å²) in [7, 11) is 4.04. The Kier molecular flexibility index (Phi) is 7.99. The molecule has 0 fully saturated rings. The zero-order valence-corrected chi connectivity index (χ0v) is 20.4. The smallest absolute Gasteiger partial charge is 0.341 e. The molecule has 3 aromatic rings. The van der Waals surface area contributed by atoms with Crippen molar-refractivity contribution >= 4 is 38.1 Å². The number of nitrogen functional groups attached to an aromatic ring is 1. The van der Waals surface area contributed by atoms with Crippen molar-refractivity contribution < 1.29 is 14.3 Å². The highest BCUT2D eigenvalue weighted by Gasteiger charge is 2.23. The minimum atomic E-state index is -0.395. The molecular weight excluding hydrogens is 422 g/mol. The molecule has 0 radical (unpaired) electrons. The van der Waals surface area contributed by atoms with E-state index >= 15 is 0 Å². The summed E-state index contributed by atoms with van der Waals surface area (Å²) in [4.78, 5) is 16.9. The molecule has 0 atom stereocenters. The van der Waals surface area contributed by atoms with Crippen molar-refractivity contribution in [2.24, 2.45) is 0 Å². The SMILES string of the molecule is CCOC(=O)c1c(N)sc2c(OCCN(CC)CC)c(-c3ccc(N(C)C)cc3)ccc12. The number of hydrogen-bond donors (Lipinski definition) is 1. The van der Waals surface area contributed by atoms with Gasteiger partial charge in [0.15, 0.2) is 0 Å². The summed E-state index contributed by atoms with van der Waals surface area (Å²) in [6.07, 6.45) is 0. The van der Waals surface area contributed by atoms with Crippen LogP contribution in [0.4, 0.5) is 10.7 Å². The van der Waals surface area contributed by atoms with E-state index in [0.717, 1.165) is 52.3 Å². The molecule has 7 heteroatoms. The van der Waals surface area contributed by atoms with E-state index in [9.17, 15) is 4.79 Å². The second kappa shape index (κ2) is 10.7. The number of carbonyl (C=O) groups is 1. The van der Waals surface area contributed by atoms with Gasteiger partial charge in [-0.05, 0) is 43.8 Å². The van der Waals surface area contributed by atoms with Crippen LogP contribution >= 0.6 is 11.3 Å². The number of benzene rings is 2. The number of anilines is 2. The van der Waals surface area contributed by atoms with Gasteiger partial charge in [0.2, 0.25) is 0 Å². The van der Waals surface area contributed by atoms with E-state index in [4.69, 9.17) is 15.2 Å². The highest BCUT2D eigenvalue weighted by atomic mass is 32.1. The average molecular weight is 456 g/mol. The monoisotopic (exact) mass is 455 g/mol. The fourth-order valence-electron chi connectivity index (χ4n) is 3.69. The molecule has 3 rings (SSSR count). The molecule has 0 unspecified atom stereocenters. The number of carbonyl (C=O) groups excluding carboxylic acids is 1. The van der Waals surface area contributed by atoms with Crippen LogP contribution < -0.4 is 15.4 Å². The molecular formula is C25H33N3O3S. The number of nitrogens with zero attached hydrogens (tertiary/aromatic N) is 2. The van der Waals surface area contributed by atoms with Gasteiger partial charge in [0, 0.05) is 37.3 Å². The minimum absolute atomic E-state index is 0.305. The number of likely N-dealkylation sites (N-methyl/N-ethyl adjacent to an activating group) is 1. The standard InChI is InChI=1S/C25H33N3O3S/c1-6-28(7-2)15-16-31-22-19(17-9-11-18(12-10-17)27(4)5)13-14-20-21(25(29)30-8-3)24(26)32-23(20)22/h9-14H,6-8,15-16,26H2,1-5H3. The molecule has 0 spiro atoms. The van der Waals surface area contributed by atoms with Crippen molar-refractivity contribution in [3.8, 4) is 16.9 Å². The molecule has 0 amide bonds. The van der Waals surface area contributed by atoms with E-state index in [-0.39, 0.29) is 0 Å². The molecule has 32 heavy (non-hydrogen) atoms. The third-order valence-electron chi connectivity index (χ3n) is 5.56. The Labute approximate surface area is 194 Å². The van der Waals surface area contributed by atoms with E-state index in [1.807, 2.05) is 26.2 Å².